The minimum Gasteiger partial charge on any atom is -0.377 e. The number of hydrogen-bond acceptors (Lipinski definition) is 13. The van der Waals surface area contributed by atoms with E-state index >= 15 is 37.5 Å². The molecule has 0 aromatic heterocycles. The Morgan fingerprint density at radius 2 is 1.28 bits per heavy atom. The molecule has 33 heteroatoms. The normalized spacial score (nSPS) is 32.1. The van der Waals surface area contributed by atoms with Crippen LogP contribution >= 0.6 is 0 Å². The first kappa shape index (κ1) is 87.0. The van der Waals surface area contributed by atoms with Crippen molar-refractivity contribution in [1.29, 1.82) is 0 Å². The molecule has 2 bridgehead atoms. The van der Waals surface area contributed by atoms with Crippen LogP contribution in [0.5, 0.6) is 0 Å². The van der Waals surface area contributed by atoms with Crippen molar-refractivity contribution in [2.75, 3.05) is 88.7 Å². The predicted molar refractivity (Wildman–Crippen MR) is 377 cm³/mol. The first-order valence-electron chi connectivity index (χ1n) is 38.3. The van der Waals surface area contributed by atoms with Gasteiger partial charge in [-0.05, 0) is 147 Å². The van der Waals surface area contributed by atoms with Crippen molar-refractivity contribution in [2.45, 2.75) is 261 Å². The van der Waals surface area contributed by atoms with E-state index in [1.165, 1.54) is 68.9 Å². The van der Waals surface area contributed by atoms with Crippen LogP contribution in [0.4, 0.5) is 35.1 Å². The summed E-state index contributed by atoms with van der Waals surface area (Å²) < 4.78 is 121. The van der Waals surface area contributed by atoms with Crippen LogP contribution in [-0.2, 0) is 62.3 Å². The third-order valence-corrected chi connectivity index (χ3v) is 23.8. The lowest BCUT2D eigenvalue weighted by Crippen LogP contribution is -2.68. The number of amides is 12. The molecule has 3 heterocycles. The number of nitrogens with zero attached hydrogens (tertiary/aromatic N) is 9. The first-order valence-corrected chi connectivity index (χ1v) is 38.3. The van der Waals surface area contributed by atoms with Gasteiger partial charge in [-0.15, -0.1) is 0 Å². The molecular formula is C74H114F8N12O13. The highest BCUT2D eigenvalue weighted by Crippen LogP contribution is 2.46. The molecule has 6 fully saturated rings. The summed E-state index contributed by atoms with van der Waals surface area (Å²) in [5.74, 6) is -16.7. The van der Waals surface area contributed by atoms with E-state index in [2.05, 4.69) is 16.0 Å². The average Bonchev–Trinajstić information content (AvgIpc) is 1.70. The maximum atomic E-state index is 15.6. The lowest BCUT2D eigenvalue weighted by molar-refractivity contribution is -0.219. The van der Waals surface area contributed by atoms with E-state index in [1.54, 1.807) is 46.8 Å². The summed E-state index contributed by atoms with van der Waals surface area (Å²) in [5.41, 5.74) is -1.69. The fourth-order valence-electron chi connectivity index (χ4n) is 17.0. The SMILES string of the molecule is CCO[C@@H]1C[C@H]2C(=O)NC3(CCC3)C(=O)N(C)[C@@H](C3CCCC3)C(=O)N(CC)[C@H](C(=O)N(C)C)CC(=O)N(C)[C@@H](CC)C(=O)N[C@@H]([C@@H](C)CC)C(=O)N(C)CC(=O)N(C)[C@H]3C/C=C\CCN(C3=O)[C@@H](CC3CCC(C(F)(F)F)CC3)C(=O)N(C)CC(=O)N[C@@H](CCC3CC(F)C(C(F)(F)F)C(F)C3)C(=O)N2C1. The van der Waals surface area contributed by atoms with Crippen molar-refractivity contribution < 1.29 is 97.4 Å². The molecule has 3 aliphatic heterocycles. The number of ether oxygens (including phenoxy) is 1. The lowest BCUT2D eigenvalue weighted by atomic mass is 9.74. The molecule has 12 amide bonds. The average molecular weight is 1530 g/mol. The summed E-state index contributed by atoms with van der Waals surface area (Å²) in [6, 6.07) is -11.3. The molecular weight excluding hydrogens is 1420 g/mol. The summed E-state index contributed by atoms with van der Waals surface area (Å²) in [5, 5.41) is 8.37. The topological polar surface area (TPSA) is 279 Å². The summed E-state index contributed by atoms with van der Waals surface area (Å²) >= 11 is 0. The van der Waals surface area contributed by atoms with Crippen molar-refractivity contribution >= 4 is 70.9 Å². The standard InChI is InChI=1S/C74H114F8N12O13/c1-13-43(5)61-69(104)88(9)42-59(97)90(11)53-25-18-17-21-34-93(68(53)103)55(37-44-26-29-47(30-27-44)73(77,78)79)67(102)87(8)41-57(95)83-51(31-28-45-35-49(75)60(50(76)36-45)74(80,81)82)65(100)94-40-48(107-16-4)38-54(94)64(99)85-72(32-22-33-72)71(106)91(12)62(46-23-19-20-24-46)70(105)92(15-3)56(66(101)86(6)7)39-58(96)89(10)52(14-2)63(98)84-61/h17-18,43-56,60-62H,13-16,19-42H2,1-12H3,(H,83,95)(H,84,98)(H,85,99)/b18-17-/t43-,44?,45?,47?,48+,49?,50?,51-,52-,53-,54-,55-,56-,60?,61-,62-/m0/s1. The second-order valence-corrected chi connectivity index (χ2v) is 31.1. The fourth-order valence-corrected chi connectivity index (χ4v) is 17.0. The van der Waals surface area contributed by atoms with Gasteiger partial charge >= 0.3 is 12.4 Å². The van der Waals surface area contributed by atoms with Crippen LogP contribution in [0.15, 0.2) is 12.2 Å². The molecule has 4 aliphatic carbocycles. The Hall–Kier alpha value is -7.22. The fraction of sp³-hybridized carbons (Fsp3) is 0.811. The van der Waals surface area contributed by atoms with Gasteiger partial charge in [-0.3, -0.25) is 57.5 Å². The van der Waals surface area contributed by atoms with Crippen LogP contribution in [0.2, 0.25) is 0 Å². The highest BCUT2D eigenvalue weighted by atomic mass is 19.4. The quantitative estimate of drug-likeness (QED) is 0.139. The minimum atomic E-state index is -5.22. The number of alkyl halides is 8. The number of nitrogens with one attached hydrogen (secondary N) is 3. The second kappa shape index (κ2) is 37.5. The Morgan fingerprint density at radius 1 is 0.654 bits per heavy atom. The van der Waals surface area contributed by atoms with E-state index < -0.39 is 230 Å². The van der Waals surface area contributed by atoms with Crippen molar-refractivity contribution in [1.82, 2.24) is 60.0 Å². The number of likely N-dealkylation sites (N-methyl/N-ethyl adjacent to an activating group) is 7. The maximum Gasteiger partial charge on any atom is 0.397 e. The van der Waals surface area contributed by atoms with Crippen molar-refractivity contribution in [2.24, 2.45) is 35.5 Å². The van der Waals surface area contributed by atoms with Gasteiger partial charge in [0.2, 0.25) is 70.9 Å². The zero-order valence-electron chi connectivity index (χ0n) is 64.1. The molecule has 0 radical (unpaired) electrons. The van der Waals surface area contributed by atoms with E-state index in [-0.39, 0.29) is 103 Å². The Morgan fingerprint density at radius 3 is 1.83 bits per heavy atom. The Bertz CT molecular complexity index is 3190. The number of halogens is 8. The summed E-state index contributed by atoms with van der Waals surface area (Å²) in [6.07, 6.45) is -13.2. The van der Waals surface area contributed by atoms with E-state index in [0.29, 0.717) is 38.5 Å². The number of rotatable bonds is 13. The zero-order chi connectivity index (χ0) is 79.5. The molecule has 604 valence electrons. The Kier molecular flexibility index (Phi) is 30.5. The van der Waals surface area contributed by atoms with Crippen LogP contribution < -0.4 is 16.0 Å². The molecule has 2 saturated heterocycles. The summed E-state index contributed by atoms with van der Waals surface area (Å²) in [7, 11) is 9.52. The second-order valence-electron chi connectivity index (χ2n) is 31.1. The third-order valence-electron chi connectivity index (χ3n) is 23.8. The molecule has 7 aliphatic rings. The third kappa shape index (κ3) is 20.8. The van der Waals surface area contributed by atoms with Crippen LogP contribution in [-0.4, -0.2) is 288 Å². The van der Waals surface area contributed by atoms with Gasteiger partial charge in [0.15, 0.2) is 0 Å². The van der Waals surface area contributed by atoms with Gasteiger partial charge in [-0.2, -0.15) is 26.3 Å². The molecule has 2 unspecified atom stereocenters. The highest BCUT2D eigenvalue weighted by molar-refractivity contribution is 6.01. The van der Waals surface area contributed by atoms with Gasteiger partial charge < -0.3 is 64.8 Å². The maximum absolute atomic E-state index is 15.6. The van der Waals surface area contributed by atoms with Gasteiger partial charge in [0.25, 0.3) is 0 Å². The van der Waals surface area contributed by atoms with Crippen LogP contribution in [0.3, 0.4) is 0 Å². The van der Waals surface area contributed by atoms with Gasteiger partial charge in [-0.1, -0.05) is 52.2 Å². The monoisotopic (exact) mass is 1530 g/mol. The van der Waals surface area contributed by atoms with Crippen molar-refractivity contribution in [3.63, 3.8) is 0 Å². The van der Waals surface area contributed by atoms with Gasteiger partial charge in [0.1, 0.15) is 72.1 Å². The smallest absolute Gasteiger partial charge is 0.377 e. The minimum absolute atomic E-state index is 0.000995. The largest absolute Gasteiger partial charge is 0.397 e. The van der Waals surface area contributed by atoms with Gasteiger partial charge in [0, 0.05) is 82.0 Å². The van der Waals surface area contributed by atoms with Gasteiger partial charge in [-0.25, -0.2) is 8.78 Å². The number of carbonyl (C=O) groups excluding carboxylic acids is 12. The van der Waals surface area contributed by atoms with Crippen LogP contribution in [0, 0.1) is 35.5 Å². The van der Waals surface area contributed by atoms with E-state index in [1.807, 2.05) is 0 Å². The molecule has 25 nitrogen and oxygen atoms in total. The van der Waals surface area contributed by atoms with Crippen LogP contribution in [0.25, 0.3) is 0 Å². The first-order chi connectivity index (χ1) is 50.2. The highest BCUT2D eigenvalue weighted by Gasteiger charge is 2.56. The number of fused-ring (bicyclic) bond motifs is 3. The van der Waals surface area contributed by atoms with Crippen molar-refractivity contribution in [3.8, 4) is 0 Å². The Labute approximate surface area is 623 Å². The molecule has 107 heavy (non-hydrogen) atoms. The molecule has 3 N–H and O–H groups in total. The summed E-state index contributed by atoms with van der Waals surface area (Å²) in [4.78, 5) is 191. The van der Waals surface area contributed by atoms with E-state index in [9.17, 15) is 55.1 Å². The van der Waals surface area contributed by atoms with Gasteiger partial charge in [0.05, 0.1) is 31.5 Å². The molecule has 4 saturated carbocycles. The number of hydrogen-bond donors (Lipinski definition) is 3. The molecule has 1 spiro atoms. The van der Waals surface area contributed by atoms with E-state index in [0.717, 1.165) is 24.5 Å². The lowest BCUT2D eigenvalue weighted by Gasteiger charge is -2.47. The molecule has 0 aromatic carbocycles. The van der Waals surface area contributed by atoms with E-state index in [4.69, 9.17) is 4.74 Å². The van der Waals surface area contributed by atoms with Crippen LogP contribution in [0.1, 0.15) is 176 Å². The summed E-state index contributed by atoms with van der Waals surface area (Å²) in [6.45, 7) is 6.33. The number of carbonyl (C=O) groups is 12. The zero-order valence-corrected chi connectivity index (χ0v) is 64.1. The van der Waals surface area contributed by atoms with Crippen molar-refractivity contribution in [3.05, 3.63) is 12.2 Å². The Balaban J connectivity index is 1.32. The molecule has 0 aromatic rings. The molecule has 12 atom stereocenters. The molecule has 7 rings (SSSR count). The predicted octanol–water partition coefficient (Wildman–Crippen LogP) is 6.10.